The SMILES string of the molecule is CSc1ncc(C(=O)N2CCC[C@@H](COc3ccccc3F)C2)cn1. The van der Waals surface area contributed by atoms with Crippen molar-refractivity contribution in [2.24, 2.45) is 5.92 Å². The Bertz CT molecular complexity index is 727. The number of nitrogens with zero attached hydrogens (tertiary/aromatic N) is 3. The molecular weight excluding hydrogens is 341 g/mol. The highest BCUT2D eigenvalue weighted by atomic mass is 32.2. The number of amides is 1. The second kappa shape index (κ2) is 8.29. The molecule has 1 aromatic heterocycles. The topological polar surface area (TPSA) is 55.3 Å². The van der Waals surface area contributed by atoms with Crippen LogP contribution in [0.5, 0.6) is 5.75 Å². The molecule has 2 aromatic rings. The number of piperidine rings is 1. The Morgan fingerprint density at radius 3 is 2.84 bits per heavy atom. The van der Waals surface area contributed by atoms with Gasteiger partial charge in [-0.25, -0.2) is 14.4 Å². The summed E-state index contributed by atoms with van der Waals surface area (Å²) in [5.41, 5.74) is 0.494. The van der Waals surface area contributed by atoms with Gasteiger partial charge in [-0.2, -0.15) is 0 Å². The first-order valence-electron chi connectivity index (χ1n) is 8.20. The zero-order chi connectivity index (χ0) is 17.6. The first-order valence-corrected chi connectivity index (χ1v) is 9.42. The van der Waals surface area contributed by atoms with Gasteiger partial charge in [-0.1, -0.05) is 23.9 Å². The number of halogens is 1. The van der Waals surface area contributed by atoms with Gasteiger partial charge >= 0.3 is 0 Å². The maximum Gasteiger partial charge on any atom is 0.257 e. The van der Waals surface area contributed by atoms with Crippen molar-refractivity contribution in [3.05, 3.63) is 48.0 Å². The van der Waals surface area contributed by atoms with Gasteiger partial charge in [-0.3, -0.25) is 4.79 Å². The number of thioether (sulfide) groups is 1. The number of aromatic nitrogens is 2. The summed E-state index contributed by atoms with van der Waals surface area (Å²) in [6, 6.07) is 6.37. The van der Waals surface area contributed by atoms with Crippen LogP contribution in [0, 0.1) is 11.7 Å². The highest BCUT2D eigenvalue weighted by Gasteiger charge is 2.25. The number of benzene rings is 1. The average Bonchev–Trinajstić information content (AvgIpc) is 2.67. The summed E-state index contributed by atoms with van der Waals surface area (Å²) in [6.07, 6.45) is 6.89. The fourth-order valence-electron chi connectivity index (χ4n) is 2.87. The van der Waals surface area contributed by atoms with Crippen LogP contribution in [0.4, 0.5) is 4.39 Å². The lowest BCUT2D eigenvalue weighted by atomic mass is 9.98. The van der Waals surface area contributed by atoms with Crippen molar-refractivity contribution in [3.8, 4) is 5.75 Å². The quantitative estimate of drug-likeness (QED) is 0.604. The summed E-state index contributed by atoms with van der Waals surface area (Å²) < 4.78 is 19.2. The van der Waals surface area contributed by atoms with Crippen molar-refractivity contribution in [1.82, 2.24) is 14.9 Å². The first kappa shape index (κ1) is 17.7. The molecule has 1 atom stereocenters. The Hall–Kier alpha value is -2.15. The van der Waals surface area contributed by atoms with Crippen LogP contribution < -0.4 is 4.74 Å². The van der Waals surface area contributed by atoms with Gasteiger partial charge in [-0.05, 0) is 31.2 Å². The first-order chi connectivity index (χ1) is 12.2. The van der Waals surface area contributed by atoms with E-state index in [0.717, 1.165) is 12.8 Å². The largest absolute Gasteiger partial charge is 0.490 e. The maximum atomic E-state index is 13.6. The van der Waals surface area contributed by atoms with Gasteiger partial charge in [0.1, 0.15) is 0 Å². The molecule has 2 heterocycles. The lowest BCUT2D eigenvalue weighted by Crippen LogP contribution is -2.41. The molecule has 25 heavy (non-hydrogen) atoms. The molecule has 1 aliphatic heterocycles. The molecule has 0 bridgehead atoms. The molecule has 7 heteroatoms. The van der Waals surface area contributed by atoms with Crippen molar-refractivity contribution in [3.63, 3.8) is 0 Å². The second-order valence-electron chi connectivity index (χ2n) is 5.96. The van der Waals surface area contributed by atoms with E-state index in [2.05, 4.69) is 9.97 Å². The van der Waals surface area contributed by atoms with Crippen LogP contribution in [0.15, 0.2) is 41.8 Å². The summed E-state index contributed by atoms with van der Waals surface area (Å²) >= 11 is 1.44. The Morgan fingerprint density at radius 1 is 1.36 bits per heavy atom. The number of hydrogen-bond donors (Lipinski definition) is 0. The van der Waals surface area contributed by atoms with Crippen LogP contribution in [0.3, 0.4) is 0 Å². The molecule has 3 rings (SSSR count). The summed E-state index contributed by atoms with van der Waals surface area (Å²) in [4.78, 5) is 22.7. The van der Waals surface area contributed by atoms with E-state index < -0.39 is 0 Å². The molecule has 1 amide bonds. The van der Waals surface area contributed by atoms with E-state index in [1.807, 2.05) is 6.26 Å². The van der Waals surface area contributed by atoms with Gasteiger partial charge in [0.25, 0.3) is 5.91 Å². The van der Waals surface area contributed by atoms with E-state index in [1.54, 1.807) is 35.5 Å². The van der Waals surface area contributed by atoms with E-state index in [1.165, 1.54) is 17.8 Å². The lowest BCUT2D eigenvalue weighted by molar-refractivity contribution is 0.0630. The van der Waals surface area contributed by atoms with Gasteiger partial charge in [0.05, 0.1) is 12.2 Å². The Kier molecular flexibility index (Phi) is 5.86. The Labute approximate surface area is 150 Å². The molecule has 0 N–H and O–H groups in total. The van der Waals surface area contributed by atoms with Crippen LogP contribution in [0.2, 0.25) is 0 Å². The maximum absolute atomic E-state index is 13.6. The van der Waals surface area contributed by atoms with Crippen LogP contribution in [-0.2, 0) is 0 Å². The third-order valence-corrected chi connectivity index (χ3v) is 4.75. The smallest absolute Gasteiger partial charge is 0.257 e. The minimum atomic E-state index is -0.364. The fraction of sp³-hybridized carbons (Fsp3) is 0.389. The van der Waals surface area contributed by atoms with Crippen molar-refractivity contribution in [2.45, 2.75) is 18.0 Å². The van der Waals surface area contributed by atoms with E-state index in [9.17, 15) is 9.18 Å². The van der Waals surface area contributed by atoms with Crippen molar-refractivity contribution in [1.29, 1.82) is 0 Å². The molecule has 1 fully saturated rings. The predicted octanol–water partition coefficient (Wildman–Crippen LogP) is 3.27. The summed E-state index contributed by atoms with van der Waals surface area (Å²) in [5, 5.41) is 0.645. The summed E-state index contributed by atoms with van der Waals surface area (Å²) in [7, 11) is 0. The molecule has 0 unspecified atom stereocenters. The molecule has 0 aliphatic carbocycles. The lowest BCUT2D eigenvalue weighted by Gasteiger charge is -2.32. The van der Waals surface area contributed by atoms with Crippen molar-refractivity contribution >= 4 is 17.7 Å². The van der Waals surface area contributed by atoms with E-state index >= 15 is 0 Å². The molecule has 0 spiro atoms. The number of likely N-dealkylation sites (tertiary alicyclic amines) is 1. The summed E-state index contributed by atoms with van der Waals surface area (Å²) in [5.74, 6) is 0.0104. The number of carbonyl (C=O) groups excluding carboxylic acids is 1. The van der Waals surface area contributed by atoms with E-state index in [4.69, 9.17) is 4.74 Å². The third kappa shape index (κ3) is 4.48. The average molecular weight is 361 g/mol. The number of para-hydroxylation sites is 1. The predicted molar refractivity (Wildman–Crippen MR) is 94.3 cm³/mol. The minimum Gasteiger partial charge on any atom is -0.490 e. The highest BCUT2D eigenvalue weighted by Crippen LogP contribution is 2.22. The molecule has 1 aliphatic rings. The third-order valence-electron chi connectivity index (χ3n) is 4.18. The van der Waals surface area contributed by atoms with Gasteiger partial charge in [-0.15, -0.1) is 0 Å². The Morgan fingerprint density at radius 2 is 2.12 bits per heavy atom. The molecule has 0 radical (unpaired) electrons. The molecular formula is C18H20FN3O2S. The van der Waals surface area contributed by atoms with Gasteiger partial charge in [0, 0.05) is 31.4 Å². The second-order valence-corrected chi connectivity index (χ2v) is 6.73. The minimum absolute atomic E-state index is 0.0664. The van der Waals surface area contributed by atoms with Crippen LogP contribution in [0.1, 0.15) is 23.2 Å². The monoisotopic (exact) mass is 361 g/mol. The number of rotatable bonds is 5. The number of carbonyl (C=O) groups is 1. The standard InChI is InChI=1S/C18H20FN3O2S/c1-25-18-20-9-14(10-21-18)17(23)22-8-4-5-13(11-22)12-24-16-7-3-2-6-15(16)19/h2-3,6-7,9-10,13H,4-5,8,11-12H2,1H3/t13-/m1/s1. The van der Waals surface area contributed by atoms with Gasteiger partial charge in [0.2, 0.25) is 0 Å². The van der Waals surface area contributed by atoms with Crippen LogP contribution >= 0.6 is 11.8 Å². The van der Waals surface area contributed by atoms with E-state index in [-0.39, 0.29) is 23.4 Å². The Balaban J connectivity index is 1.58. The van der Waals surface area contributed by atoms with Crippen LogP contribution in [0.25, 0.3) is 0 Å². The zero-order valence-electron chi connectivity index (χ0n) is 14.0. The van der Waals surface area contributed by atoms with E-state index in [0.29, 0.717) is 30.4 Å². The molecule has 132 valence electrons. The zero-order valence-corrected chi connectivity index (χ0v) is 14.8. The molecule has 0 saturated carbocycles. The molecule has 1 aromatic carbocycles. The normalized spacial score (nSPS) is 17.4. The highest BCUT2D eigenvalue weighted by molar-refractivity contribution is 7.98. The van der Waals surface area contributed by atoms with Gasteiger partial charge in [0.15, 0.2) is 16.7 Å². The number of hydrogen-bond acceptors (Lipinski definition) is 5. The summed E-state index contributed by atoms with van der Waals surface area (Å²) in [6.45, 7) is 1.70. The number of ether oxygens (including phenoxy) is 1. The fourth-order valence-corrected chi connectivity index (χ4v) is 3.19. The molecule has 1 saturated heterocycles. The van der Waals surface area contributed by atoms with Crippen LogP contribution in [-0.4, -0.2) is 46.7 Å². The van der Waals surface area contributed by atoms with Crippen molar-refractivity contribution < 1.29 is 13.9 Å². The van der Waals surface area contributed by atoms with Gasteiger partial charge < -0.3 is 9.64 Å². The molecule has 5 nitrogen and oxygen atoms in total. The van der Waals surface area contributed by atoms with Crippen molar-refractivity contribution in [2.75, 3.05) is 26.0 Å².